The largest absolute Gasteiger partial charge is 0.508 e. The number of hydrogen-bond donors (Lipinski definition) is 2. The fourth-order valence-corrected chi connectivity index (χ4v) is 7.48. The Kier molecular flexibility index (Phi) is 8.26. The Balaban J connectivity index is 0.000000169. The number of hydrogen-bond acceptors (Lipinski definition) is 4. The van der Waals surface area contributed by atoms with E-state index in [2.05, 4.69) is 11.0 Å². The second-order valence-electron chi connectivity index (χ2n) is 12.3. The maximum atomic E-state index is 14.3. The first-order valence-corrected chi connectivity index (χ1v) is 14.9. The van der Waals surface area contributed by atoms with Gasteiger partial charge in [-0.2, -0.15) is 5.26 Å². The highest BCUT2D eigenvalue weighted by molar-refractivity contribution is 6.32. The molecule has 3 aromatic rings. The van der Waals surface area contributed by atoms with Gasteiger partial charge in [-0.3, -0.25) is 0 Å². The van der Waals surface area contributed by atoms with Crippen molar-refractivity contribution in [3.63, 3.8) is 0 Å². The number of piperidine rings is 1. The summed E-state index contributed by atoms with van der Waals surface area (Å²) < 4.78 is 41.6. The molecule has 2 saturated heterocycles. The Labute approximate surface area is 250 Å². The van der Waals surface area contributed by atoms with Gasteiger partial charge in [0.1, 0.15) is 17.6 Å². The molecule has 2 bridgehead atoms. The van der Waals surface area contributed by atoms with E-state index in [-0.39, 0.29) is 37.3 Å². The van der Waals surface area contributed by atoms with Crippen LogP contribution in [0.1, 0.15) is 80.5 Å². The van der Waals surface area contributed by atoms with Crippen LogP contribution in [0.25, 0.3) is 0 Å². The molecule has 0 aromatic heterocycles. The van der Waals surface area contributed by atoms with Gasteiger partial charge in [-0.25, -0.2) is 13.2 Å². The molecule has 3 aromatic carbocycles. The molecule has 8 heteroatoms. The number of anilines is 1. The third-order valence-corrected chi connectivity index (χ3v) is 9.86. The Hall–Kier alpha value is -3.21. The fraction of sp³-hybridized carbons (Fsp3) is 0.441. The highest BCUT2D eigenvalue weighted by Gasteiger charge is 2.47. The molecule has 0 radical (unpaired) electrons. The van der Waals surface area contributed by atoms with Gasteiger partial charge < -0.3 is 15.1 Å². The summed E-state index contributed by atoms with van der Waals surface area (Å²) in [7, 11) is 0. The zero-order chi connectivity index (χ0) is 30.3. The van der Waals surface area contributed by atoms with Gasteiger partial charge in [0, 0.05) is 36.0 Å². The average Bonchev–Trinajstić information content (AvgIpc) is 3.23. The van der Waals surface area contributed by atoms with Gasteiger partial charge in [0.25, 0.3) is 0 Å². The van der Waals surface area contributed by atoms with Crippen molar-refractivity contribution >= 4 is 17.3 Å². The van der Waals surface area contributed by atoms with Crippen LogP contribution >= 0.6 is 11.6 Å². The third kappa shape index (κ3) is 5.85. The SMILES string of the molecule is Cc1c(N2[C@@H]3CC[C@H]2CC(C)(O)C3)ccc(C#N)c1Cl.Oc1ccc(C2(c3ccccc3F)CCC(F)(F)CC2)cc1. The van der Waals surface area contributed by atoms with Crippen LogP contribution in [0.5, 0.6) is 5.75 Å². The summed E-state index contributed by atoms with van der Waals surface area (Å²) >= 11 is 6.29. The molecule has 42 heavy (non-hydrogen) atoms. The number of halogens is 4. The molecule has 0 spiro atoms. The highest BCUT2D eigenvalue weighted by Crippen LogP contribution is 2.50. The highest BCUT2D eigenvalue weighted by atomic mass is 35.5. The minimum atomic E-state index is -2.69. The normalized spacial score (nSPS) is 25.7. The molecule has 6 rings (SSSR count). The Morgan fingerprint density at radius 1 is 0.929 bits per heavy atom. The molecule has 1 aliphatic carbocycles. The van der Waals surface area contributed by atoms with Crippen LogP contribution in [0, 0.1) is 24.1 Å². The van der Waals surface area contributed by atoms with Gasteiger partial charge in [-0.05, 0) is 99.4 Å². The molecule has 3 aliphatic rings. The van der Waals surface area contributed by atoms with Gasteiger partial charge in [0.15, 0.2) is 0 Å². The van der Waals surface area contributed by atoms with E-state index >= 15 is 0 Å². The molecule has 0 amide bonds. The van der Waals surface area contributed by atoms with Crippen molar-refractivity contribution in [2.24, 2.45) is 0 Å². The second kappa shape index (κ2) is 11.5. The fourth-order valence-electron chi connectivity index (χ4n) is 7.28. The standard InChI is InChI=1S/C18H17F3O.C16H19ClN2O/c19-16-4-2-1-3-15(16)17(9-11-18(20,21)12-10-17)13-5-7-14(22)8-6-13;1-10-14(6-3-11(9-18)15(10)17)19-12-4-5-13(19)8-16(2,20)7-12/h1-8,22H,9-12H2;3,6,12-13,20H,4-5,7-8H2,1-2H3/t;12-,13+,16?. The van der Waals surface area contributed by atoms with E-state index in [0.717, 1.165) is 42.5 Å². The molecular weight excluding hydrogens is 561 g/mol. The summed E-state index contributed by atoms with van der Waals surface area (Å²) in [5.41, 5.74) is 2.54. The molecule has 3 atom stereocenters. The molecule has 2 aliphatic heterocycles. The number of phenols is 1. The van der Waals surface area contributed by atoms with Gasteiger partial charge in [0.2, 0.25) is 5.92 Å². The van der Waals surface area contributed by atoms with Crippen LogP contribution < -0.4 is 4.90 Å². The van der Waals surface area contributed by atoms with Crippen molar-refractivity contribution in [3.8, 4) is 11.8 Å². The van der Waals surface area contributed by atoms with Crippen LogP contribution in [0.4, 0.5) is 18.9 Å². The van der Waals surface area contributed by atoms with Crippen molar-refractivity contribution in [3.05, 3.63) is 93.8 Å². The number of aliphatic hydroxyl groups is 1. The quantitative estimate of drug-likeness (QED) is 0.318. The zero-order valence-electron chi connectivity index (χ0n) is 23.9. The first kappa shape index (κ1) is 30.3. The predicted molar refractivity (Wildman–Crippen MR) is 159 cm³/mol. The monoisotopic (exact) mass is 596 g/mol. The van der Waals surface area contributed by atoms with Crippen molar-refractivity contribution < 1.29 is 23.4 Å². The Morgan fingerprint density at radius 3 is 2.10 bits per heavy atom. The molecule has 2 N–H and O–H groups in total. The van der Waals surface area contributed by atoms with E-state index in [1.165, 1.54) is 18.2 Å². The van der Waals surface area contributed by atoms with Gasteiger partial charge in [-0.15, -0.1) is 0 Å². The van der Waals surface area contributed by atoms with Crippen molar-refractivity contribution in [2.75, 3.05) is 4.90 Å². The lowest BCUT2D eigenvalue weighted by Crippen LogP contribution is -2.50. The Morgan fingerprint density at radius 2 is 1.52 bits per heavy atom. The lowest BCUT2D eigenvalue weighted by molar-refractivity contribution is -0.0474. The molecule has 3 fully saturated rings. The maximum Gasteiger partial charge on any atom is 0.248 e. The van der Waals surface area contributed by atoms with E-state index in [1.807, 2.05) is 19.9 Å². The number of fused-ring (bicyclic) bond motifs is 2. The summed E-state index contributed by atoms with van der Waals surface area (Å²) in [6.07, 6.45) is 3.71. The third-order valence-electron chi connectivity index (χ3n) is 9.37. The second-order valence-corrected chi connectivity index (χ2v) is 12.7. The van der Waals surface area contributed by atoms with Crippen LogP contribution in [0.15, 0.2) is 60.7 Å². The van der Waals surface area contributed by atoms with Gasteiger partial charge >= 0.3 is 0 Å². The number of rotatable bonds is 3. The number of phenolic OH excluding ortho intramolecular Hbond substituents is 1. The number of benzene rings is 3. The lowest BCUT2D eigenvalue weighted by atomic mass is 9.64. The maximum absolute atomic E-state index is 14.3. The average molecular weight is 597 g/mol. The molecule has 1 saturated carbocycles. The van der Waals surface area contributed by atoms with E-state index in [1.54, 1.807) is 36.4 Å². The minimum absolute atomic E-state index is 0.105. The van der Waals surface area contributed by atoms with Gasteiger partial charge in [0.05, 0.1) is 16.2 Å². The molecular formula is C34H36ClF3N2O2. The lowest BCUT2D eigenvalue weighted by Gasteiger charge is -2.44. The van der Waals surface area contributed by atoms with Crippen LogP contribution in [0.2, 0.25) is 5.02 Å². The number of alkyl halides is 2. The Bertz CT molecular complexity index is 1460. The minimum Gasteiger partial charge on any atom is -0.508 e. The summed E-state index contributed by atoms with van der Waals surface area (Å²) in [6, 6.07) is 19.5. The van der Waals surface area contributed by atoms with Crippen molar-refractivity contribution in [2.45, 2.75) is 94.2 Å². The first-order valence-electron chi connectivity index (χ1n) is 14.5. The van der Waals surface area contributed by atoms with Crippen molar-refractivity contribution in [1.82, 2.24) is 0 Å². The van der Waals surface area contributed by atoms with Crippen molar-refractivity contribution in [1.29, 1.82) is 5.26 Å². The summed E-state index contributed by atoms with van der Waals surface area (Å²) in [4.78, 5) is 2.42. The van der Waals surface area contributed by atoms with Crippen LogP contribution in [-0.2, 0) is 5.41 Å². The summed E-state index contributed by atoms with van der Waals surface area (Å²) in [6.45, 7) is 3.92. The first-order chi connectivity index (χ1) is 19.9. The zero-order valence-corrected chi connectivity index (χ0v) is 24.6. The summed E-state index contributed by atoms with van der Waals surface area (Å²) in [5, 5.41) is 29.4. The number of nitriles is 1. The van der Waals surface area contributed by atoms with E-state index in [9.17, 15) is 23.4 Å². The van der Waals surface area contributed by atoms with Crippen LogP contribution in [0.3, 0.4) is 0 Å². The van der Waals surface area contributed by atoms with E-state index in [4.69, 9.17) is 16.9 Å². The number of aromatic hydroxyl groups is 1. The molecule has 2 heterocycles. The predicted octanol–water partition coefficient (Wildman–Crippen LogP) is 8.43. The summed E-state index contributed by atoms with van der Waals surface area (Å²) in [5.74, 6) is -2.96. The van der Waals surface area contributed by atoms with E-state index < -0.39 is 16.9 Å². The number of nitrogens with zero attached hydrogens (tertiary/aromatic N) is 2. The van der Waals surface area contributed by atoms with Gasteiger partial charge in [-0.1, -0.05) is 41.9 Å². The topological polar surface area (TPSA) is 67.5 Å². The molecule has 1 unspecified atom stereocenters. The smallest absolute Gasteiger partial charge is 0.248 e. The molecule has 222 valence electrons. The van der Waals surface area contributed by atoms with E-state index in [0.29, 0.717) is 28.2 Å². The van der Waals surface area contributed by atoms with Crippen LogP contribution in [-0.4, -0.2) is 33.8 Å². The molecule has 4 nitrogen and oxygen atoms in total.